The first-order chi connectivity index (χ1) is 24.7. The van der Waals surface area contributed by atoms with E-state index in [1.807, 2.05) is 18.2 Å². The number of rotatable bonds is 4. The van der Waals surface area contributed by atoms with Crippen molar-refractivity contribution in [2.24, 2.45) is 23.7 Å². The van der Waals surface area contributed by atoms with Gasteiger partial charge < -0.3 is 0 Å². The zero-order chi connectivity index (χ0) is 32.8. The van der Waals surface area contributed by atoms with Crippen LogP contribution in [-0.2, 0) is 5.41 Å². The van der Waals surface area contributed by atoms with E-state index < -0.39 is 0 Å². The summed E-state index contributed by atoms with van der Waals surface area (Å²) in [4.78, 5) is 15.3. The van der Waals surface area contributed by atoms with Gasteiger partial charge in [0, 0.05) is 22.1 Å². The minimum absolute atomic E-state index is 0.191. The van der Waals surface area contributed by atoms with Crippen LogP contribution in [0.3, 0.4) is 0 Å². The van der Waals surface area contributed by atoms with Gasteiger partial charge in [-0.25, -0.2) is 15.0 Å². The molecule has 4 fully saturated rings. The Hall–Kier alpha value is -5.41. The molecule has 0 N–H and O–H groups in total. The lowest BCUT2D eigenvalue weighted by Gasteiger charge is -2.61. The zero-order valence-electron chi connectivity index (χ0n) is 28.0. The minimum atomic E-state index is 0.191. The molecule has 0 atom stereocenters. The van der Waals surface area contributed by atoms with E-state index >= 15 is 0 Å². The Bertz CT molecular complexity index is 2430. The lowest BCUT2D eigenvalue weighted by atomic mass is 9.43. The van der Waals surface area contributed by atoms with Crippen molar-refractivity contribution in [1.82, 2.24) is 15.0 Å². The van der Waals surface area contributed by atoms with Crippen LogP contribution in [0, 0.1) is 23.7 Å². The monoisotopic (exact) mass is 643 g/mol. The van der Waals surface area contributed by atoms with Gasteiger partial charge in [-0.1, -0.05) is 127 Å². The Morgan fingerprint density at radius 1 is 0.400 bits per heavy atom. The van der Waals surface area contributed by atoms with E-state index in [0.717, 1.165) is 45.7 Å². The molecule has 50 heavy (non-hydrogen) atoms. The topological polar surface area (TPSA) is 38.7 Å². The number of hydrogen-bond acceptors (Lipinski definition) is 3. The molecule has 4 saturated carbocycles. The summed E-state index contributed by atoms with van der Waals surface area (Å²) in [6, 6.07) is 50.6. The minimum Gasteiger partial charge on any atom is -0.208 e. The van der Waals surface area contributed by atoms with Gasteiger partial charge in [-0.05, 0) is 112 Å². The van der Waals surface area contributed by atoms with Gasteiger partial charge >= 0.3 is 0 Å². The number of aromatic nitrogens is 3. The molecule has 12 rings (SSSR count). The third kappa shape index (κ3) is 4.13. The first kappa shape index (κ1) is 28.4. The van der Waals surface area contributed by atoms with Crippen LogP contribution in [0.5, 0.6) is 0 Å². The Labute approximate surface area is 293 Å². The summed E-state index contributed by atoms with van der Waals surface area (Å²) < 4.78 is 0. The average Bonchev–Trinajstić information content (AvgIpc) is 3.47. The van der Waals surface area contributed by atoms with Gasteiger partial charge in [0.2, 0.25) is 0 Å². The zero-order valence-corrected chi connectivity index (χ0v) is 28.0. The van der Waals surface area contributed by atoms with Gasteiger partial charge in [0.05, 0.1) is 0 Å². The average molecular weight is 644 g/mol. The summed E-state index contributed by atoms with van der Waals surface area (Å²) in [5, 5.41) is 2.30. The van der Waals surface area contributed by atoms with Crippen molar-refractivity contribution in [2.45, 2.75) is 37.5 Å². The van der Waals surface area contributed by atoms with Crippen LogP contribution < -0.4 is 0 Å². The molecule has 1 heterocycles. The maximum absolute atomic E-state index is 5.15. The van der Waals surface area contributed by atoms with E-state index in [9.17, 15) is 0 Å². The van der Waals surface area contributed by atoms with Crippen LogP contribution in [0.2, 0.25) is 0 Å². The SMILES string of the molecule is c1ccc(-c2nc(-c3cccc(-c4ccc5c(c4)-c4ccccc4C54C5CC6CC(C5)CC4C6)c3)nc(-c3cccc4ccccc34)n2)cc1. The molecule has 0 saturated heterocycles. The summed E-state index contributed by atoms with van der Waals surface area (Å²) >= 11 is 0. The summed E-state index contributed by atoms with van der Waals surface area (Å²) in [5.41, 5.74) is 11.7. The predicted molar refractivity (Wildman–Crippen MR) is 202 cm³/mol. The summed E-state index contributed by atoms with van der Waals surface area (Å²) in [7, 11) is 0. The highest BCUT2D eigenvalue weighted by molar-refractivity contribution is 5.95. The van der Waals surface area contributed by atoms with Crippen LogP contribution in [0.1, 0.15) is 43.2 Å². The van der Waals surface area contributed by atoms with E-state index in [4.69, 9.17) is 15.0 Å². The lowest BCUT2D eigenvalue weighted by molar-refractivity contribution is -0.0399. The molecule has 3 heteroatoms. The van der Waals surface area contributed by atoms with Crippen LogP contribution >= 0.6 is 0 Å². The largest absolute Gasteiger partial charge is 0.208 e. The fourth-order valence-electron chi connectivity index (χ4n) is 10.9. The number of hydrogen-bond donors (Lipinski definition) is 0. The normalized spacial score (nSPS) is 24.1. The molecule has 6 aromatic carbocycles. The maximum Gasteiger partial charge on any atom is 0.164 e. The second-order valence-corrected chi connectivity index (χ2v) is 15.3. The van der Waals surface area contributed by atoms with E-state index in [0.29, 0.717) is 17.5 Å². The van der Waals surface area contributed by atoms with E-state index in [1.54, 1.807) is 11.1 Å². The van der Waals surface area contributed by atoms with Crippen molar-refractivity contribution < 1.29 is 0 Å². The van der Waals surface area contributed by atoms with Crippen molar-refractivity contribution in [1.29, 1.82) is 0 Å². The van der Waals surface area contributed by atoms with Crippen molar-refractivity contribution >= 4 is 10.8 Å². The Morgan fingerprint density at radius 3 is 1.82 bits per heavy atom. The van der Waals surface area contributed by atoms with Gasteiger partial charge in [-0.2, -0.15) is 0 Å². The molecule has 0 radical (unpaired) electrons. The van der Waals surface area contributed by atoms with Crippen LogP contribution in [0.4, 0.5) is 0 Å². The predicted octanol–water partition coefficient (Wildman–Crippen LogP) is 11.4. The smallest absolute Gasteiger partial charge is 0.164 e. The first-order valence-corrected chi connectivity index (χ1v) is 18.4. The third-order valence-electron chi connectivity index (χ3n) is 12.7. The maximum atomic E-state index is 5.15. The van der Waals surface area contributed by atoms with Crippen LogP contribution in [0.25, 0.3) is 67.2 Å². The second kappa shape index (κ2) is 10.8. The number of fused-ring (bicyclic) bond motifs is 4. The molecule has 1 spiro atoms. The van der Waals surface area contributed by atoms with Gasteiger partial charge in [0.15, 0.2) is 17.5 Å². The molecule has 0 amide bonds. The van der Waals surface area contributed by atoms with Crippen LogP contribution in [-0.4, -0.2) is 15.0 Å². The molecule has 5 aliphatic rings. The van der Waals surface area contributed by atoms with Crippen molar-refractivity contribution in [2.75, 3.05) is 0 Å². The molecule has 4 bridgehead atoms. The van der Waals surface area contributed by atoms with E-state index in [1.165, 1.54) is 59.7 Å². The summed E-state index contributed by atoms with van der Waals surface area (Å²) in [5.74, 6) is 5.48. The van der Waals surface area contributed by atoms with E-state index in [2.05, 4.69) is 121 Å². The second-order valence-electron chi connectivity index (χ2n) is 15.3. The standard InChI is InChI=1S/C47H37N3/c1-2-11-32(12-3-1)44-48-45(50-46(49-44)40-18-9-13-31-10-4-5-16-38(31)40)35-15-8-14-33(27-35)34-20-21-43-41(28-34)39-17-6-7-19-42(39)47(43)36-23-29-22-30(25-36)26-37(47)24-29/h1-21,27-30,36-37H,22-26H2. The van der Waals surface area contributed by atoms with Gasteiger partial charge in [-0.15, -0.1) is 0 Å². The highest BCUT2D eigenvalue weighted by Crippen LogP contribution is 2.69. The molecule has 0 unspecified atom stereocenters. The Morgan fingerprint density at radius 2 is 0.980 bits per heavy atom. The molecular formula is C47H37N3. The van der Waals surface area contributed by atoms with Crippen LogP contribution in [0.15, 0.2) is 140 Å². The summed E-state index contributed by atoms with van der Waals surface area (Å²) in [6.07, 6.45) is 7.10. The molecule has 3 nitrogen and oxygen atoms in total. The Kier molecular flexibility index (Phi) is 6.14. The molecule has 5 aliphatic carbocycles. The molecule has 7 aromatic rings. The molecule has 1 aromatic heterocycles. The highest BCUT2D eigenvalue weighted by atomic mass is 15.0. The molecule has 240 valence electrons. The highest BCUT2D eigenvalue weighted by Gasteiger charge is 2.61. The van der Waals surface area contributed by atoms with Gasteiger partial charge in [-0.3, -0.25) is 0 Å². The fourth-order valence-corrected chi connectivity index (χ4v) is 10.9. The third-order valence-corrected chi connectivity index (χ3v) is 12.7. The molecular weight excluding hydrogens is 607 g/mol. The number of nitrogens with zero attached hydrogens (tertiary/aromatic N) is 3. The van der Waals surface area contributed by atoms with Gasteiger partial charge in [0.1, 0.15) is 0 Å². The van der Waals surface area contributed by atoms with Crippen molar-refractivity contribution in [3.63, 3.8) is 0 Å². The quantitative estimate of drug-likeness (QED) is 0.192. The molecule has 0 aliphatic heterocycles. The van der Waals surface area contributed by atoms with Crippen molar-refractivity contribution in [3.05, 3.63) is 151 Å². The van der Waals surface area contributed by atoms with Gasteiger partial charge in [0.25, 0.3) is 0 Å². The summed E-state index contributed by atoms with van der Waals surface area (Å²) in [6.45, 7) is 0. The first-order valence-electron chi connectivity index (χ1n) is 18.4. The van der Waals surface area contributed by atoms with Crippen molar-refractivity contribution in [3.8, 4) is 56.4 Å². The number of benzene rings is 6. The lowest BCUT2D eigenvalue weighted by Crippen LogP contribution is -2.55. The van der Waals surface area contributed by atoms with E-state index in [-0.39, 0.29) is 5.41 Å². The fraction of sp³-hybridized carbons (Fsp3) is 0.213. The Balaban J connectivity index is 1.04.